The van der Waals surface area contributed by atoms with Gasteiger partial charge in [0, 0.05) is 32.9 Å². The summed E-state index contributed by atoms with van der Waals surface area (Å²) in [4.78, 5) is 4.41. The third-order valence-electron chi connectivity index (χ3n) is 8.57. The van der Waals surface area contributed by atoms with E-state index in [2.05, 4.69) is 18.8 Å². The van der Waals surface area contributed by atoms with Crippen molar-refractivity contribution < 1.29 is 15.7 Å². The van der Waals surface area contributed by atoms with Crippen molar-refractivity contribution in [2.24, 2.45) is 5.41 Å². The lowest BCUT2D eigenvalue weighted by molar-refractivity contribution is 0.224. The van der Waals surface area contributed by atoms with Gasteiger partial charge in [-0.25, -0.2) is 4.39 Å². The van der Waals surface area contributed by atoms with Gasteiger partial charge in [0.05, 0.1) is 13.3 Å². The van der Waals surface area contributed by atoms with Crippen LogP contribution in [0.25, 0.3) is 55.4 Å². The molecule has 0 radical (unpaired) electrons. The molecule has 0 saturated heterocycles. The molecule has 1 aliphatic rings. The number of furan rings is 1. The smallest absolute Gasteiger partial charge is 0.149 e. The molecule has 0 amide bonds. The fourth-order valence-electron chi connectivity index (χ4n) is 6.09. The van der Waals surface area contributed by atoms with Crippen LogP contribution >= 0.6 is 0 Å². The van der Waals surface area contributed by atoms with Crippen LogP contribution in [0.3, 0.4) is 0 Å². The van der Waals surface area contributed by atoms with Crippen LogP contribution in [0.15, 0.2) is 102 Å². The molecule has 0 N–H and O–H groups in total. The van der Waals surface area contributed by atoms with E-state index in [4.69, 9.17) is 9.90 Å². The van der Waals surface area contributed by atoms with Crippen molar-refractivity contribution in [1.82, 2.24) is 4.98 Å². The van der Waals surface area contributed by atoms with Crippen molar-refractivity contribution in [2.75, 3.05) is 0 Å². The number of hydrogen-bond donors (Lipinski definition) is 0. The molecule has 0 aliphatic heterocycles. The Labute approximate surface area is 247 Å². The Morgan fingerprint density at radius 1 is 0.854 bits per heavy atom. The van der Waals surface area contributed by atoms with Gasteiger partial charge in [0.1, 0.15) is 17.0 Å². The first-order valence-electron chi connectivity index (χ1n) is 16.7. The maximum atomic E-state index is 15.7. The first kappa shape index (κ1) is 20.6. The monoisotopic (exact) mass is 544 g/mol. The highest BCUT2D eigenvalue weighted by atomic mass is 19.1. The van der Waals surface area contributed by atoms with Crippen LogP contribution in [0.4, 0.5) is 4.39 Å². The van der Waals surface area contributed by atoms with Crippen LogP contribution < -0.4 is 0 Å². The molecule has 1 fully saturated rings. The normalized spacial score (nSPS) is 18.4. The zero-order valence-electron chi connectivity index (χ0n) is 28.2. The molecule has 3 heteroatoms. The largest absolute Gasteiger partial charge is 0.455 e. The molecule has 0 bridgehead atoms. The number of aromatic nitrogens is 1. The molecule has 6 aromatic rings. The van der Waals surface area contributed by atoms with E-state index in [9.17, 15) is 1.37 Å². The number of benzene rings is 4. The summed E-state index contributed by atoms with van der Waals surface area (Å²) >= 11 is 0. The predicted octanol–water partition coefficient (Wildman–Crippen LogP) is 11.1. The van der Waals surface area contributed by atoms with E-state index in [0.717, 1.165) is 46.5 Å². The second-order valence-corrected chi connectivity index (χ2v) is 11.8. The SMILES string of the molecule is [2H]c1cc(C2([2H])CCC(C)(C)CC2)cc(C([2H])([2H])[2H])c1-c1cc(-c2cccc3c2oc2c(-c4ccccc4)cccc23)ncc1F. The van der Waals surface area contributed by atoms with Gasteiger partial charge in [-0.2, -0.15) is 0 Å². The Hall–Kier alpha value is -4.24. The quantitative estimate of drug-likeness (QED) is 0.221. The van der Waals surface area contributed by atoms with Gasteiger partial charge in [0.25, 0.3) is 0 Å². The maximum Gasteiger partial charge on any atom is 0.149 e. The topological polar surface area (TPSA) is 26.0 Å². The number of nitrogens with zero attached hydrogens (tertiary/aromatic N) is 1. The summed E-state index contributed by atoms with van der Waals surface area (Å²) in [6, 6.07) is 26.2. The number of fused-ring (bicyclic) bond motifs is 3. The second kappa shape index (κ2) is 9.99. The highest BCUT2D eigenvalue weighted by molar-refractivity contribution is 6.12. The number of hydrogen-bond acceptors (Lipinski definition) is 2. The Bertz CT molecular complexity index is 2110. The summed E-state index contributed by atoms with van der Waals surface area (Å²) in [7, 11) is 0. The summed E-state index contributed by atoms with van der Waals surface area (Å²) in [6.07, 6.45) is 3.88. The van der Waals surface area contributed by atoms with Crippen LogP contribution in [0.1, 0.15) is 63.4 Å². The molecule has 0 atom stereocenters. The van der Waals surface area contributed by atoms with E-state index in [0.29, 0.717) is 35.2 Å². The van der Waals surface area contributed by atoms with Crippen LogP contribution in [0, 0.1) is 18.1 Å². The minimum absolute atomic E-state index is 0.00668. The molecule has 204 valence electrons. The number of halogens is 1. The first-order chi connectivity index (χ1) is 21.8. The lowest BCUT2D eigenvalue weighted by Gasteiger charge is -2.34. The molecule has 2 heterocycles. The average Bonchev–Trinajstić information content (AvgIpc) is 3.42. The van der Waals surface area contributed by atoms with E-state index in [1.165, 1.54) is 12.1 Å². The van der Waals surface area contributed by atoms with E-state index in [1.54, 1.807) is 6.07 Å². The molecule has 7 rings (SSSR count). The van der Waals surface area contributed by atoms with Crippen LogP contribution in [0.5, 0.6) is 0 Å². The van der Waals surface area contributed by atoms with Gasteiger partial charge in [-0.3, -0.25) is 4.98 Å². The molecule has 2 aromatic heterocycles. The average molecular weight is 545 g/mol. The summed E-state index contributed by atoms with van der Waals surface area (Å²) in [5.74, 6) is -1.72. The van der Waals surface area contributed by atoms with Crippen molar-refractivity contribution in [3.05, 3.63) is 114 Å². The predicted molar refractivity (Wildman–Crippen MR) is 168 cm³/mol. The Morgan fingerprint density at radius 3 is 2.29 bits per heavy atom. The van der Waals surface area contributed by atoms with Crippen LogP contribution in [0.2, 0.25) is 0 Å². The summed E-state index contributed by atoms with van der Waals surface area (Å²) in [5.41, 5.74) is 4.76. The first-order valence-corrected chi connectivity index (χ1v) is 14.2. The molecule has 2 nitrogen and oxygen atoms in total. The highest BCUT2D eigenvalue weighted by Gasteiger charge is 2.28. The van der Waals surface area contributed by atoms with Crippen molar-refractivity contribution in [2.45, 2.75) is 52.3 Å². The van der Waals surface area contributed by atoms with Gasteiger partial charge >= 0.3 is 0 Å². The molecule has 41 heavy (non-hydrogen) atoms. The molecule has 1 saturated carbocycles. The summed E-state index contributed by atoms with van der Waals surface area (Å²) in [6.45, 7) is 1.72. The van der Waals surface area contributed by atoms with E-state index in [-0.39, 0.29) is 28.1 Å². The number of pyridine rings is 1. The minimum Gasteiger partial charge on any atom is -0.455 e. The zero-order valence-corrected chi connectivity index (χ0v) is 23.2. The van der Waals surface area contributed by atoms with E-state index >= 15 is 4.39 Å². The van der Waals surface area contributed by atoms with Crippen molar-refractivity contribution in [3.8, 4) is 33.5 Å². The highest BCUT2D eigenvalue weighted by Crippen LogP contribution is 2.44. The summed E-state index contributed by atoms with van der Waals surface area (Å²) in [5, 5.41) is 1.81. The molecule has 0 spiro atoms. The van der Waals surface area contributed by atoms with Gasteiger partial charge in [0.15, 0.2) is 0 Å². The lowest BCUT2D eigenvalue weighted by Crippen LogP contribution is -2.20. The van der Waals surface area contributed by atoms with E-state index < -0.39 is 18.6 Å². The third kappa shape index (κ3) is 4.64. The van der Waals surface area contributed by atoms with Crippen molar-refractivity contribution in [3.63, 3.8) is 0 Å². The minimum atomic E-state index is -2.63. The number of para-hydroxylation sites is 2. The maximum absolute atomic E-state index is 15.7. The van der Waals surface area contributed by atoms with Gasteiger partial charge < -0.3 is 4.42 Å². The van der Waals surface area contributed by atoms with Crippen molar-refractivity contribution >= 4 is 21.9 Å². The van der Waals surface area contributed by atoms with Gasteiger partial charge in [-0.1, -0.05) is 92.7 Å². The Morgan fingerprint density at radius 2 is 1.56 bits per heavy atom. The number of rotatable bonds is 4. The third-order valence-corrected chi connectivity index (χ3v) is 8.57. The molecule has 1 aliphatic carbocycles. The van der Waals surface area contributed by atoms with Gasteiger partial charge in [-0.15, -0.1) is 0 Å². The zero-order chi connectivity index (χ0) is 32.4. The second-order valence-electron chi connectivity index (χ2n) is 11.8. The fraction of sp³-hybridized carbons (Fsp3) is 0.237. The Kier molecular flexibility index (Phi) is 5.02. The van der Waals surface area contributed by atoms with Crippen LogP contribution in [-0.4, -0.2) is 4.98 Å². The molecular weight excluding hydrogens is 505 g/mol. The van der Waals surface area contributed by atoms with Gasteiger partial charge in [-0.05, 0) is 78.2 Å². The van der Waals surface area contributed by atoms with E-state index in [1.807, 2.05) is 66.7 Å². The van der Waals surface area contributed by atoms with Gasteiger partial charge in [0.2, 0.25) is 0 Å². The molecule has 4 aromatic carbocycles. The fourth-order valence-corrected chi connectivity index (χ4v) is 6.09. The van der Waals surface area contributed by atoms with Crippen LogP contribution in [-0.2, 0) is 0 Å². The molecular formula is C38H34FNO. The van der Waals surface area contributed by atoms with Crippen molar-refractivity contribution in [1.29, 1.82) is 0 Å². The lowest BCUT2D eigenvalue weighted by atomic mass is 9.71. The Balaban J connectivity index is 1.38. The summed E-state index contributed by atoms with van der Waals surface area (Å²) < 4.78 is 65.6. The standard InChI is InChI=1S/C38H34FNO/c1-24-21-27(25-17-19-38(2,3)20-18-25)15-16-28(24)33-22-35(40-23-34(33)39)32-14-8-13-31-30-12-7-11-29(36(30)41-37(31)32)26-9-5-4-6-10-26/h4-16,21-23,25H,17-20H2,1-3H3/i1D3,16D,25D. The number of aryl methyl sites for hydroxylation is 1. The molecule has 0 unspecified atom stereocenters.